The van der Waals surface area contributed by atoms with Gasteiger partial charge in [-0.1, -0.05) is 6.07 Å². The standard InChI is InChI=1S/C25H27NO8/c1-13(28)10-18(32-14(2)29)23(30)33-17-6-7-25(31)19-11-15-4-5-16(12-27)21-20(15)24(25,22(17)34-21)8-9-26(19)3/h4-6,12,18-19,22,31H,7-11H2,1-3H3/t18-,19+,22-,24-,25+/m0/s1. The minimum absolute atomic E-state index is 0.173. The number of nitrogens with zero attached hydrogens (tertiary/aromatic N) is 1. The number of ketones is 1. The summed E-state index contributed by atoms with van der Waals surface area (Å²) in [5, 5.41) is 12.1. The molecule has 1 spiro atoms. The topological polar surface area (TPSA) is 119 Å². The van der Waals surface area contributed by atoms with Crippen LogP contribution in [0.4, 0.5) is 0 Å². The third-order valence-electron chi connectivity index (χ3n) is 7.79. The second kappa shape index (κ2) is 7.74. The van der Waals surface area contributed by atoms with Gasteiger partial charge in [0.05, 0.1) is 23.0 Å². The van der Waals surface area contributed by atoms with Crippen LogP contribution in [0.3, 0.4) is 0 Å². The number of Topliss-reactive ketones (excluding diaryl/α,β-unsaturated/α-hetero) is 1. The Kier molecular flexibility index (Phi) is 5.18. The second-order valence-corrected chi connectivity index (χ2v) is 9.72. The number of likely N-dealkylation sites (N-methyl/N-ethyl adjacent to an activating group) is 1. The number of benzene rings is 1. The van der Waals surface area contributed by atoms with Crippen molar-refractivity contribution in [2.45, 2.75) is 68.8 Å². The van der Waals surface area contributed by atoms with Crippen LogP contribution in [0.2, 0.25) is 0 Å². The highest BCUT2D eigenvalue weighted by Crippen LogP contribution is 2.64. The van der Waals surface area contributed by atoms with E-state index in [1.807, 2.05) is 13.1 Å². The van der Waals surface area contributed by atoms with Crippen LogP contribution < -0.4 is 4.74 Å². The van der Waals surface area contributed by atoms with Crippen molar-refractivity contribution in [2.24, 2.45) is 0 Å². The molecule has 1 aromatic carbocycles. The SMILES string of the molecule is CC(=O)C[C@H](OC(C)=O)C(=O)OC1=CC[C@@]2(O)[C@H]3Cc4ccc(C=O)c5c4[C@@]2(CCN3C)[C@H]1O5. The molecule has 0 radical (unpaired) electrons. The van der Waals surface area contributed by atoms with Crippen molar-refractivity contribution in [3.05, 3.63) is 40.7 Å². The average Bonchev–Trinajstić information content (AvgIpc) is 3.12. The summed E-state index contributed by atoms with van der Waals surface area (Å²) in [6, 6.07) is 3.46. The van der Waals surface area contributed by atoms with Gasteiger partial charge in [-0.3, -0.25) is 14.4 Å². The first kappa shape index (κ1) is 22.7. The summed E-state index contributed by atoms with van der Waals surface area (Å²) in [5.74, 6) is -1.30. The number of likely N-dealkylation sites (tertiary alicyclic amines) is 1. The fraction of sp³-hybridized carbons (Fsp3) is 0.520. The van der Waals surface area contributed by atoms with Crippen LogP contribution in [0.5, 0.6) is 5.75 Å². The zero-order valence-corrected chi connectivity index (χ0v) is 19.3. The summed E-state index contributed by atoms with van der Waals surface area (Å²) in [7, 11) is 1.98. The van der Waals surface area contributed by atoms with Crippen LogP contribution in [0.15, 0.2) is 24.0 Å². The zero-order chi connectivity index (χ0) is 24.4. The maximum atomic E-state index is 13.0. The summed E-state index contributed by atoms with van der Waals surface area (Å²) >= 11 is 0. The van der Waals surface area contributed by atoms with E-state index in [4.69, 9.17) is 14.2 Å². The highest BCUT2D eigenvalue weighted by molar-refractivity contribution is 5.87. The minimum Gasteiger partial charge on any atom is -0.480 e. The lowest BCUT2D eigenvalue weighted by molar-refractivity contribution is -0.176. The highest BCUT2D eigenvalue weighted by atomic mass is 16.6. The molecule has 0 unspecified atom stereocenters. The predicted octanol–water partition coefficient (Wildman–Crippen LogP) is 1.23. The van der Waals surface area contributed by atoms with Crippen LogP contribution in [0.1, 0.15) is 54.6 Å². The van der Waals surface area contributed by atoms with Gasteiger partial charge >= 0.3 is 11.9 Å². The van der Waals surface area contributed by atoms with Gasteiger partial charge in [0.15, 0.2) is 12.4 Å². The first-order valence-electron chi connectivity index (χ1n) is 11.4. The van der Waals surface area contributed by atoms with Crippen molar-refractivity contribution in [2.75, 3.05) is 13.6 Å². The van der Waals surface area contributed by atoms with Crippen molar-refractivity contribution in [1.29, 1.82) is 0 Å². The van der Waals surface area contributed by atoms with Crippen molar-refractivity contribution >= 4 is 24.0 Å². The molecule has 9 nitrogen and oxygen atoms in total. The van der Waals surface area contributed by atoms with Crippen LogP contribution in [-0.4, -0.2) is 71.5 Å². The second-order valence-electron chi connectivity index (χ2n) is 9.72. The van der Waals surface area contributed by atoms with Crippen LogP contribution >= 0.6 is 0 Å². The Bertz CT molecular complexity index is 1130. The molecule has 2 aliphatic carbocycles. The number of esters is 2. The Hall–Kier alpha value is -3.04. The van der Waals surface area contributed by atoms with Crippen LogP contribution in [0.25, 0.3) is 0 Å². The number of rotatable bonds is 6. The molecule has 34 heavy (non-hydrogen) atoms. The normalized spacial score (nSPS) is 31.5. The molecule has 0 saturated carbocycles. The molecule has 0 aromatic heterocycles. The number of carbonyl (C=O) groups excluding carboxylic acids is 4. The van der Waals surface area contributed by atoms with E-state index in [2.05, 4.69) is 4.90 Å². The third-order valence-corrected chi connectivity index (χ3v) is 7.79. The van der Waals surface area contributed by atoms with Crippen molar-refractivity contribution in [3.63, 3.8) is 0 Å². The van der Waals surface area contributed by atoms with Gasteiger partial charge in [0.2, 0.25) is 6.10 Å². The maximum absolute atomic E-state index is 13.0. The highest BCUT2D eigenvalue weighted by Gasteiger charge is 2.72. The first-order chi connectivity index (χ1) is 16.1. The smallest absolute Gasteiger partial charge is 0.353 e. The summed E-state index contributed by atoms with van der Waals surface area (Å²) in [6.45, 7) is 3.14. The average molecular weight is 469 g/mol. The molecule has 4 aliphatic rings. The van der Waals surface area contributed by atoms with Gasteiger partial charge in [0.1, 0.15) is 17.3 Å². The lowest BCUT2D eigenvalue weighted by Crippen LogP contribution is -2.74. The van der Waals surface area contributed by atoms with Gasteiger partial charge in [0, 0.05) is 24.9 Å². The molecule has 0 amide bonds. The predicted molar refractivity (Wildman–Crippen MR) is 117 cm³/mol. The minimum atomic E-state index is -1.38. The van der Waals surface area contributed by atoms with Gasteiger partial charge in [-0.05, 0) is 51.1 Å². The van der Waals surface area contributed by atoms with Crippen molar-refractivity contribution in [1.82, 2.24) is 4.90 Å². The number of carbonyl (C=O) groups is 4. The first-order valence-corrected chi connectivity index (χ1v) is 11.4. The summed E-state index contributed by atoms with van der Waals surface area (Å²) in [4.78, 5) is 50.0. The lowest BCUT2D eigenvalue weighted by atomic mass is 9.50. The number of hydrogen-bond donors (Lipinski definition) is 1. The maximum Gasteiger partial charge on any atom is 0.353 e. The summed E-state index contributed by atoms with van der Waals surface area (Å²) in [6.07, 6.45) is 1.22. The molecule has 1 N–H and O–H groups in total. The molecule has 2 heterocycles. The number of piperidine rings is 1. The largest absolute Gasteiger partial charge is 0.480 e. The number of hydrogen-bond acceptors (Lipinski definition) is 9. The van der Waals surface area contributed by atoms with E-state index in [1.54, 1.807) is 12.1 Å². The molecule has 180 valence electrons. The lowest BCUT2D eigenvalue weighted by Gasteiger charge is -2.61. The molecule has 5 rings (SSSR count). The molecule has 5 atom stereocenters. The molecule has 2 bridgehead atoms. The Morgan fingerprint density at radius 3 is 2.76 bits per heavy atom. The third kappa shape index (κ3) is 2.99. The van der Waals surface area contributed by atoms with E-state index in [1.165, 1.54) is 6.92 Å². The molecule has 1 saturated heterocycles. The van der Waals surface area contributed by atoms with E-state index in [-0.39, 0.29) is 30.4 Å². The Labute approximate surface area is 196 Å². The fourth-order valence-corrected chi connectivity index (χ4v) is 6.38. The Balaban J connectivity index is 1.58. The monoisotopic (exact) mass is 469 g/mol. The van der Waals surface area contributed by atoms with Gasteiger partial charge in [-0.2, -0.15) is 0 Å². The van der Waals surface area contributed by atoms with Gasteiger partial charge < -0.3 is 24.2 Å². The molecule has 1 aromatic rings. The van der Waals surface area contributed by atoms with E-state index < -0.39 is 35.2 Å². The van der Waals surface area contributed by atoms with Crippen LogP contribution in [-0.2, 0) is 35.7 Å². The Morgan fingerprint density at radius 1 is 1.32 bits per heavy atom. The number of aldehydes is 1. The van der Waals surface area contributed by atoms with E-state index in [9.17, 15) is 24.3 Å². The molecular weight excluding hydrogens is 442 g/mol. The van der Waals surface area contributed by atoms with Gasteiger partial charge in [0.25, 0.3) is 0 Å². The van der Waals surface area contributed by atoms with Gasteiger partial charge in [-0.25, -0.2) is 4.79 Å². The van der Waals surface area contributed by atoms with E-state index >= 15 is 0 Å². The molecular formula is C25H27NO8. The zero-order valence-electron chi connectivity index (χ0n) is 19.3. The number of aliphatic hydroxyl groups is 1. The number of ether oxygens (including phenoxy) is 3. The Morgan fingerprint density at radius 2 is 2.09 bits per heavy atom. The van der Waals surface area contributed by atoms with Crippen LogP contribution in [0, 0.1) is 0 Å². The summed E-state index contributed by atoms with van der Waals surface area (Å²) < 4.78 is 17.1. The van der Waals surface area contributed by atoms with E-state index in [0.29, 0.717) is 30.7 Å². The fourth-order valence-electron chi connectivity index (χ4n) is 6.38. The van der Waals surface area contributed by atoms with Crippen molar-refractivity contribution < 1.29 is 38.5 Å². The van der Waals surface area contributed by atoms with Crippen molar-refractivity contribution in [3.8, 4) is 5.75 Å². The molecule has 2 aliphatic heterocycles. The molecule has 1 fully saturated rings. The summed E-state index contributed by atoms with van der Waals surface area (Å²) in [5.41, 5.74) is 0.118. The van der Waals surface area contributed by atoms with Gasteiger partial charge in [-0.15, -0.1) is 0 Å². The van der Waals surface area contributed by atoms with E-state index in [0.717, 1.165) is 24.3 Å². The molecule has 9 heteroatoms. The quantitative estimate of drug-likeness (QED) is 0.485.